The number of ketones is 1. The van der Waals surface area contributed by atoms with Crippen LogP contribution in [0.15, 0.2) is 59.1 Å². The number of Topliss-reactive ketones (excluding diaryl/α,β-unsaturated/α-hetero) is 1. The third kappa shape index (κ3) is 8.70. The third-order valence-electron chi connectivity index (χ3n) is 8.00. The maximum Gasteiger partial charge on any atom is 0.408 e. The number of benzene rings is 2. The molecule has 0 bridgehead atoms. The minimum absolute atomic E-state index is 0.0663. The first-order valence-corrected chi connectivity index (χ1v) is 15.7. The maximum absolute atomic E-state index is 13.7. The lowest BCUT2D eigenvalue weighted by Gasteiger charge is -2.31. The molecule has 2 aromatic carbocycles. The number of ether oxygens (including phenoxy) is 1. The Bertz CT molecular complexity index is 1490. The van der Waals surface area contributed by atoms with Gasteiger partial charge in [0.25, 0.3) is 0 Å². The van der Waals surface area contributed by atoms with Crippen molar-refractivity contribution in [3.05, 3.63) is 77.4 Å². The van der Waals surface area contributed by atoms with Gasteiger partial charge in [-0.3, -0.25) is 14.4 Å². The van der Waals surface area contributed by atoms with E-state index in [1.165, 1.54) is 4.90 Å². The van der Waals surface area contributed by atoms with E-state index in [1.54, 1.807) is 0 Å². The van der Waals surface area contributed by atoms with Crippen LogP contribution in [0.25, 0.3) is 0 Å². The Kier molecular flexibility index (Phi) is 11.5. The van der Waals surface area contributed by atoms with Crippen LogP contribution in [0.5, 0.6) is 0 Å². The number of nitrogens with one attached hydrogen (secondary N) is 2. The van der Waals surface area contributed by atoms with Gasteiger partial charge in [-0.15, -0.1) is 0 Å². The summed E-state index contributed by atoms with van der Waals surface area (Å²) >= 11 is 0. The van der Waals surface area contributed by atoms with Crippen molar-refractivity contribution < 1.29 is 28.4 Å². The molecule has 1 aromatic heterocycles. The monoisotopic (exact) mass is 632 g/mol. The van der Waals surface area contributed by atoms with Crippen molar-refractivity contribution in [1.82, 2.24) is 25.7 Å². The Balaban J connectivity index is 1.38. The standard InChI is InChI=1S/C34H44N6O6/c1-21(2)28(30(41)31-35-27(46-38-31)19-23-14-16-25(17-15-23)39(5)6)36-32(42)26-13-10-18-40(26)33(43)29(22(3)4)37-34(44)45-20-24-11-8-7-9-12-24/h7-9,11-12,14-17,21-22,26,28-29H,10,13,18-20H2,1-6H3,(H,36,42)(H,37,44)/t26-,28-,29-/m0/s1. The quantitative estimate of drug-likeness (QED) is 0.267. The number of aromatic nitrogens is 2. The first kappa shape index (κ1) is 34.1. The third-order valence-corrected chi connectivity index (χ3v) is 8.00. The van der Waals surface area contributed by atoms with E-state index in [0.717, 1.165) is 16.8 Å². The molecule has 1 aliphatic rings. The zero-order valence-electron chi connectivity index (χ0n) is 27.4. The number of anilines is 1. The van der Waals surface area contributed by atoms with Gasteiger partial charge < -0.3 is 29.7 Å². The average Bonchev–Trinajstić information content (AvgIpc) is 3.72. The second-order valence-corrected chi connectivity index (χ2v) is 12.5. The number of amides is 3. The first-order valence-electron chi connectivity index (χ1n) is 15.7. The molecule has 0 unspecified atom stereocenters. The van der Waals surface area contributed by atoms with Gasteiger partial charge in [0.2, 0.25) is 29.3 Å². The van der Waals surface area contributed by atoms with Crippen LogP contribution in [0.1, 0.15) is 68.2 Å². The number of hydrogen-bond donors (Lipinski definition) is 2. The summed E-state index contributed by atoms with van der Waals surface area (Å²) in [6.07, 6.45) is 0.679. The Morgan fingerprint density at radius 1 is 0.935 bits per heavy atom. The van der Waals surface area contributed by atoms with Gasteiger partial charge in [-0.2, -0.15) is 4.98 Å². The van der Waals surface area contributed by atoms with E-state index in [9.17, 15) is 19.2 Å². The van der Waals surface area contributed by atoms with Crippen molar-refractivity contribution >= 4 is 29.4 Å². The van der Waals surface area contributed by atoms with Crippen LogP contribution in [0.4, 0.5) is 10.5 Å². The molecule has 0 radical (unpaired) electrons. The topological polar surface area (TPSA) is 147 Å². The summed E-state index contributed by atoms with van der Waals surface area (Å²) in [6, 6.07) is 14.5. The van der Waals surface area contributed by atoms with E-state index in [2.05, 4.69) is 20.8 Å². The van der Waals surface area contributed by atoms with Gasteiger partial charge in [0.1, 0.15) is 18.7 Å². The predicted octanol–water partition coefficient (Wildman–Crippen LogP) is 3.99. The lowest BCUT2D eigenvalue weighted by molar-refractivity contribution is -0.141. The summed E-state index contributed by atoms with van der Waals surface area (Å²) in [4.78, 5) is 61.1. The zero-order valence-corrected chi connectivity index (χ0v) is 27.4. The van der Waals surface area contributed by atoms with Crippen molar-refractivity contribution in [2.75, 3.05) is 25.5 Å². The van der Waals surface area contributed by atoms with Gasteiger partial charge in [0, 0.05) is 26.3 Å². The minimum Gasteiger partial charge on any atom is -0.445 e. The molecule has 2 N–H and O–H groups in total. The van der Waals surface area contributed by atoms with Gasteiger partial charge in [-0.05, 0) is 47.9 Å². The fourth-order valence-corrected chi connectivity index (χ4v) is 5.32. The second kappa shape index (κ2) is 15.5. The summed E-state index contributed by atoms with van der Waals surface area (Å²) in [5.41, 5.74) is 2.83. The van der Waals surface area contributed by atoms with Crippen molar-refractivity contribution in [2.24, 2.45) is 11.8 Å². The van der Waals surface area contributed by atoms with E-state index in [4.69, 9.17) is 9.26 Å². The van der Waals surface area contributed by atoms with Crippen LogP contribution in [0.3, 0.4) is 0 Å². The molecule has 4 rings (SSSR count). The lowest BCUT2D eigenvalue weighted by Crippen LogP contribution is -2.57. The fourth-order valence-electron chi connectivity index (χ4n) is 5.32. The van der Waals surface area contributed by atoms with E-state index in [1.807, 2.05) is 101 Å². The normalized spacial score (nSPS) is 15.8. The highest BCUT2D eigenvalue weighted by atomic mass is 16.5. The SMILES string of the molecule is CC(C)[C@H](NC(=O)[C@@H]1CCCN1C(=O)[C@@H](NC(=O)OCc1ccccc1)C(C)C)C(=O)c1noc(Cc2ccc(N(C)C)cc2)n1. The van der Waals surface area contributed by atoms with Gasteiger partial charge in [-0.25, -0.2) is 4.79 Å². The highest BCUT2D eigenvalue weighted by Crippen LogP contribution is 2.22. The molecular weight excluding hydrogens is 588 g/mol. The summed E-state index contributed by atoms with van der Waals surface area (Å²) in [7, 11) is 3.92. The van der Waals surface area contributed by atoms with E-state index >= 15 is 0 Å². The smallest absolute Gasteiger partial charge is 0.408 e. The van der Waals surface area contributed by atoms with Gasteiger partial charge in [0.15, 0.2) is 0 Å². The number of rotatable bonds is 13. The van der Waals surface area contributed by atoms with Crippen LogP contribution < -0.4 is 15.5 Å². The molecule has 12 nitrogen and oxygen atoms in total. The highest BCUT2D eigenvalue weighted by Gasteiger charge is 2.40. The van der Waals surface area contributed by atoms with Gasteiger partial charge in [-0.1, -0.05) is 75.3 Å². The van der Waals surface area contributed by atoms with Crippen molar-refractivity contribution in [3.63, 3.8) is 0 Å². The second-order valence-electron chi connectivity index (χ2n) is 12.5. The summed E-state index contributed by atoms with van der Waals surface area (Å²) < 4.78 is 10.7. The van der Waals surface area contributed by atoms with Crippen LogP contribution >= 0.6 is 0 Å². The van der Waals surface area contributed by atoms with Gasteiger partial charge in [0.05, 0.1) is 12.5 Å². The zero-order chi connectivity index (χ0) is 33.4. The summed E-state index contributed by atoms with van der Waals surface area (Å²) in [5, 5.41) is 9.43. The molecule has 2 heterocycles. The van der Waals surface area contributed by atoms with Crippen LogP contribution in [0, 0.1) is 11.8 Å². The highest BCUT2D eigenvalue weighted by molar-refractivity contribution is 6.00. The van der Waals surface area contributed by atoms with Crippen molar-refractivity contribution in [3.8, 4) is 0 Å². The van der Waals surface area contributed by atoms with E-state index < -0.39 is 35.9 Å². The number of alkyl carbamates (subject to hydrolysis) is 1. The Morgan fingerprint density at radius 3 is 2.24 bits per heavy atom. The molecular formula is C34H44N6O6. The molecule has 3 aromatic rings. The molecule has 0 saturated carbocycles. The van der Waals surface area contributed by atoms with E-state index in [-0.39, 0.29) is 36.1 Å². The van der Waals surface area contributed by atoms with Crippen molar-refractivity contribution in [1.29, 1.82) is 0 Å². The van der Waals surface area contributed by atoms with Crippen molar-refractivity contribution in [2.45, 2.75) is 71.7 Å². The summed E-state index contributed by atoms with van der Waals surface area (Å²) in [6.45, 7) is 7.68. The minimum atomic E-state index is -0.929. The molecule has 12 heteroatoms. The Labute approximate surface area is 269 Å². The molecule has 46 heavy (non-hydrogen) atoms. The molecule has 1 aliphatic heterocycles. The van der Waals surface area contributed by atoms with Crippen LogP contribution in [0.2, 0.25) is 0 Å². The fraction of sp³-hybridized carbons (Fsp3) is 0.471. The Hall–Kier alpha value is -4.74. The van der Waals surface area contributed by atoms with Gasteiger partial charge >= 0.3 is 6.09 Å². The molecule has 246 valence electrons. The first-order chi connectivity index (χ1) is 21.9. The molecule has 3 atom stereocenters. The molecule has 1 saturated heterocycles. The number of nitrogens with zero attached hydrogens (tertiary/aromatic N) is 4. The largest absolute Gasteiger partial charge is 0.445 e. The number of likely N-dealkylation sites (tertiary alicyclic amines) is 1. The predicted molar refractivity (Wildman–Crippen MR) is 172 cm³/mol. The van der Waals surface area contributed by atoms with E-state index in [0.29, 0.717) is 25.8 Å². The number of carbonyl (C=O) groups is 4. The Morgan fingerprint density at radius 2 is 1.61 bits per heavy atom. The summed E-state index contributed by atoms with van der Waals surface area (Å²) in [5.74, 6) is -1.67. The van der Waals surface area contributed by atoms with Crippen LogP contribution in [-0.4, -0.2) is 77.5 Å². The lowest BCUT2D eigenvalue weighted by atomic mass is 9.98. The van der Waals surface area contributed by atoms with Crippen LogP contribution in [-0.2, 0) is 27.4 Å². The number of carbonyl (C=O) groups excluding carboxylic acids is 4. The average molecular weight is 633 g/mol. The molecule has 0 spiro atoms. The maximum atomic E-state index is 13.7. The molecule has 0 aliphatic carbocycles. The molecule has 1 fully saturated rings. The molecule has 3 amide bonds. The number of hydrogen-bond acceptors (Lipinski definition) is 9.